The van der Waals surface area contributed by atoms with Crippen molar-refractivity contribution in [1.82, 2.24) is 5.32 Å². The fraction of sp³-hybridized carbons (Fsp3) is 0.115. The molecule has 1 heterocycles. The van der Waals surface area contributed by atoms with Crippen molar-refractivity contribution < 1.29 is 33.0 Å². The van der Waals surface area contributed by atoms with Gasteiger partial charge in [0.2, 0.25) is 0 Å². The summed E-state index contributed by atoms with van der Waals surface area (Å²) in [4.78, 5) is 39.1. The number of rotatable bonds is 7. The van der Waals surface area contributed by atoms with E-state index >= 15 is 0 Å². The van der Waals surface area contributed by atoms with Crippen LogP contribution in [0.4, 0.5) is 14.9 Å². The van der Waals surface area contributed by atoms with E-state index in [4.69, 9.17) is 14.2 Å². The molecule has 0 atom stereocenters. The smallest absolute Gasteiger partial charge is 0.335 e. The second-order valence-electron chi connectivity index (χ2n) is 7.47. The number of carbonyl (C=O) groups excluding carboxylic acids is 3. The first-order chi connectivity index (χ1) is 16.9. The van der Waals surface area contributed by atoms with E-state index in [0.717, 1.165) is 10.5 Å². The van der Waals surface area contributed by atoms with Crippen LogP contribution in [0.5, 0.6) is 17.2 Å². The van der Waals surface area contributed by atoms with Gasteiger partial charge in [-0.3, -0.25) is 14.9 Å². The third-order valence-electron chi connectivity index (χ3n) is 5.26. The Labute approximate surface area is 200 Å². The summed E-state index contributed by atoms with van der Waals surface area (Å²) in [6, 6.07) is 16.1. The third kappa shape index (κ3) is 5.14. The molecule has 1 N–H and O–H groups in total. The van der Waals surface area contributed by atoms with Crippen molar-refractivity contribution in [2.45, 2.75) is 6.61 Å². The lowest BCUT2D eigenvalue weighted by molar-refractivity contribution is -0.122. The van der Waals surface area contributed by atoms with Crippen molar-refractivity contribution in [3.05, 3.63) is 89.2 Å². The van der Waals surface area contributed by atoms with Gasteiger partial charge in [0.15, 0.2) is 0 Å². The summed E-state index contributed by atoms with van der Waals surface area (Å²) in [6.45, 7) is 0.111. The van der Waals surface area contributed by atoms with Gasteiger partial charge >= 0.3 is 6.03 Å². The van der Waals surface area contributed by atoms with Gasteiger partial charge in [0.25, 0.3) is 11.8 Å². The summed E-state index contributed by atoms with van der Waals surface area (Å²) in [7, 11) is 2.99. The summed E-state index contributed by atoms with van der Waals surface area (Å²) in [5.41, 5.74) is 1.15. The highest BCUT2D eigenvalue weighted by molar-refractivity contribution is 6.39. The summed E-state index contributed by atoms with van der Waals surface area (Å²) in [6.07, 6.45) is 1.35. The van der Waals surface area contributed by atoms with Gasteiger partial charge in [0.1, 0.15) is 35.2 Å². The van der Waals surface area contributed by atoms with Crippen LogP contribution in [0.1, 0.15) is 11.1 Å². The molecule has 1 saturated heterocycles. The molecule has 178 valence electrons. The molecule has 0 unspecified atom stereocenters. The molecule has 35 heavy (non-hydrogen) atoms. The minimum Gasteiger partial charge on any atom is -0.497 e. The first-order valence-corrected chi connectivity index (χ1v) is 10.5. The standard InChI is InChI=1S/C26H21FN2O6/c1-33-20-11-8-19(9-12-20)29-25(31)22(24(30)28-26(29)32)13-17-5-10-21(34-2)14-23(17)35-15-16-3-6-18(27)7-4-16/h3-14H,15H2,1-2H3,(H,28,30,32)/b22-13+. The maximum atomic E-state index is 13.2. The Balaban J connectivity index is 1.66. The number of benzene rings is 3. The molecule has 1 aliphatic heterocycles. The van der Waals surface area contributed by atoms with E-state index in [2.05, 4.69) is 5.32 Å². The third-order valence-corrected chi connectivity index (χ3v) is 5.26. The van der Waals surface area contributed by atoms with E-state index in [1.54, 1.807) is 42.5 Å². The zero-order valence-corrected chi connectivity index (χ0v) is 18.9. The van der Waals surface area contributed by atoms with Crippen LogP contribution >= 0.6 is 0 Å². The van der Waals surface area contributed by atoms with Gasteiger partial charge in [-0.25, -0.2) is 14.1 Å². The molecular formula is C26H21FN2O6. The molecule has 3 aromatic rings. The van der Waals surface area contributed by atoms with Crippen molar-refractivity contribution in [3.63, 3.8) is 0 Å². The lowest BCUT2D eigenvalue weighted by atomic mass is 10.1. The number of barbiturate groups is 1. The zero-order valence-electron chi connectivity index (χ0n) is 18.9. The summed E-state index contributed by atoms with van der Waals surface area (Å²) in [5.74, 6) is -0.607. The van der Waals surface area contributed by atoms with Crippen molar-refractivity contribution >= 4 is 29.6 Å². The summed E-state index contributed by atoms with van der Waals surface area (Å²) < 4.78 is 29.5. The van der Waals surface area contributed by atoms with Crippen molar-refractivity contribution in [1.29, 1.82) is 0 Å². The summed E-state index contributed by atoms with van der Waals surface area (Å²) >= 11 is 0. The Morgan fingerprint density at radius 2 is 1.54 bits per heavy atom. The minimum absolute atomic E-state index is 0.111. The largest absolute Gasteiger partial charge is 0.497 e. The van der Waals surface area contributed by atoms with Gasteiger partial charge in [-0.2, -0.15) is 0 Å². The van der Waals surface area contributed by atoms with Crippen molar-refractivity contribution in [2.75, 3.05) is 19.1 Å². The number of carbonyl (C=O) groups is 3. The average molecular weight is 476 g/mol. The topological polar surface area (TPSA) is 94.2 Å². The number of hydrogen-bond acceptors (Lipinski definition) is 6. The van der Waals surface area contributed by atoms with Crippen LogP contribution in [-0.4, -0.2) is 32.1 Å². The zero-order chi connectivity index (χ0) is 24.9. The van der Waals surface area contributed by atoms with Gasteiger partial charge in [0, 0.05) is 11.6 Å². The first kappa shape index (κ1) is 23.5. The molecule has 0 aliphatic carbocycles. The van der Waals surface area contributed by atoms with Crippen molar-refractivity contribution in [2.24, 2.45) is 0 Å². The number of methoxy groups -OCH3 is 2. The van der Waals surface area contributed by atoms with Crippen molar-refractivity contribution in [3.8, 4) is 17.2 Å². The summed E-state index contributed by atoms with van der Waals surface area (Å²) in [5, 5.41) is 2.19. The fourth-order valence-corrected chi connectivity index (χ4v) is 3.41. The SMILES string of the molecule is COc1ccc(N2C(=O)NC(=O)/C(=C\c3ccc(OC)cc3OCc3ccc(F)cc3)C2=O)cc1. The monoisotopic (exact) mass is 476 g/mol. The fourth-order valence-electron chi connectivity index (χ4n) is 3.41. The van der Waals surface area contributed by atoms with Gasteiger partial charge < -0.3 is 14.2 Å². The highest BCUT2D eigenvalue weighted by Gasteiger charge is 2.37. The molecule has 9 heteroatoms. The molecular weight excluding hydrogens is 455 g/mol. The number of anilines is 1. The number of amides is 4. The molecule has 3 aromatic carbocycles. The Kier molecular flexibility index (Phi) is 6.77. The van der Waals surface area contributed by atoms with Gasteiger partial charge in [0.05, 0.1) is 19.9 Å². The number of nitrogens with one attached hydrogen (secondary N) is 1. The van der Waals surface area contributed by atoms with E-state index in [1.165, 1.54) is 44.6 Å². The molecule has 1 aliphatic rings. The van der Waals surface area contributed by atoms with Crippen LogP contribution in [0.25, 0.3) is 6.08 Å². The van der Waals surface area contributed by atoms with Crippen LogP contribution in [0.15, 0.2) is 72.3 Å². The molecule has 8 nitrogen and oxygen atoms in total. The molecule has 0 spiro atoms. The molecule has 0 saturated carbocycles. The second-order valence-corrected chi connectivity index (χ2v) is 7.47. The van der Waals surface area contributed by atoms with E-state index < -0.39 is 17.8 Å². The number of halogens is 1. The maximum absolute atomic E-state index is 13.2. The minimum atomic E-state index is -0.857. The van der Waals surface area contributed by atoms with Crippen LogP contribution in [-0.2, 0) is 16.2 Å². The average Bonchev–Trinajstić information content (AvgIpc) is 2.87. The van der Waals surface area contributed by atoms with Crippen LogP contribution in [0, 0.1) is 5.82 Å². The number of nitrogens with zero attached hydrogens (tertiary/aromatic N) is 1. The van der Waals surface area contributed by atoms with Crippen LogP contribution < -0.4 is 24.4 Å². The first-order valence-electron chi connectivity index (χ1n) is 10.5. The molecule has 4 amide bonds. The normalized spacial score (nSPS) is 14.7. The quantitative estimate of drug-likeness (QED) is 0.408. The highest BCUT2D eigenvalue weighted by Crippen LogP contribution is 2.30. The van der Waals surface area contributed by atoms with E-state index in [9.17, 15) is 18.8 Å². The Morgan fingerprint density at radius 1 is 0.886 bits per heavy atom. The number of ether oxygens (including phenoxy) is 3. The predicted molar refractivity (Wildman–Crippen MR) is 126 cm³/mol. The molecule has 1 fully saturated rings. The molecule has 0 radical (unpaired) electrons. The van der Waals surface area contributed by atoms with E-state index in [-0.39, 0.29) is 23.7 Å². The van der Waals surface area contributed by atoms with E-state index in [1.807, 2.05) is 0 Å². The lowest BCUT2D eigenvalue weighted by Gasteiger charge is -2.26. The van der Waals surface area contributed by atoms with Gasteiger partial charge in [-0.05, 0) is 60.2 Å². The predicted octanol–water partition coefficient (Wildman–Crippen LogP) is 4.09. The molecule has 0 aromatic heterocycles. The second kappa shape index (κ2) is 10.1. The highest BCUT2D eigenvalue weighted by atomic mass is 19.1. The van der Waals surface area contributed by atoms with E-state index in [0.29, 0.717) is 22.8 Å². The Morgan fingerprint density at radius 3 is 2.20 bits per heavy atom. The molecule has 0 bridgehead atoms. The maximum Gasteiger partial charge on any atom is 0.335 e. The molecule has 4 rings (SSSR count). The number of hydrogen-bond donors (Lipinski definition) is 1. The lowest BCUT2D eigenvalue weighted by Crippen LogP contribution is -2.54. The van der Waals surface area contributed by atoms with Gasteiger partial charge in [-0.15, -0.1) is 0 Å². The Hall–Kier alpha value is -4.66. The van der Waals surface area contributed by atoms with Crippen LogP contribution in [0.3, 0.4) is 0 Å². The van der Waals surface area contributed by atoms with Gasteiger partial charge in [-0.1, -0.05) is 12.1 Å². The Bertz CT molecular complexity index is 1300. The number of imide groups is 2. The van der Waals surface area contributed by atoms with Crippen LogP contribution in [0.2, 0.25) is 0 Å². The number of urea groups is 1.